The summed E-state index contributed by atoms with van der Waals surface area (Å²) in [5.74, 6) is 0. The largest absolute Gasteiger partial charge is 0.261 e. The molecule has 78 valence electrons. The number of benzene rings is 2. The van der Waals surface area contributed by atoms with Crippen LogP contribution in [0.15, 0.2) is 41.3 Å². The highest BCUT2D eigenvalue weighted by Gasteiger charge is 2.15. The third-order valence-corrected chi connectivity index (χ3v) is 3.76. The summed E-state index contributed by atoms with van der Waals surface area (Å²) < 4.78 is 22.6. The highest BCUT2D eigenvalue weighted by molar-refractivity contribution is 8.14. The van der Waals surface area contributed by atoms with Gasteiger partial charge < -0.3 is 0 Å². The molecule has 0 unspecified atom stereocenters. The first-order chi connectivity index (χ1) is 7.00. The second-order valence-electron chi connectivity index (χ2n) is 3.03. The molecule has 0 aliphatic rings. The van der Waals surface area contributed by atoms with Gasteiger partial charge in [-0.2, -0.15) is 0 Å². The highest BCUT2D eigenvalue weighted by Crippen LogP contribution is 2.31. The van der Waals surface area contributed by atoms with Gasteiger partial charge in [-0.1, -0.05) is 35.9 Å². The molecule has 0 aromatic heterocycles. The summed E-state index contributed by atoms with van der Waals surface area (Å²) in [6, 6.07) is 10.0. The van der Waals surface area contributed by atoms with Crippen molar-refractivity contribution >= 4 is 42.1 Å². The van der Waals surface area contributed by atoms with Crippen molar-refractivity contribution in [3.63, 3.8) is 0 Å². The predicted octanol–water partition coefficient (Wildman–Crippen LogP) is 3.42. The first kappa shape index (κ1) is 10.7. The van der Waals surface area contributed by atoms with Crippen molar-refractivity contribution < 1.29 is 8.42 Å². The lowest BCUT2D eigenvalue weighted by molar-refractivity contribution is 0.610. The Morgan fingerprint density at radius 2 is 1.60 bits per heavy atom. The average molecular weight is 261 g/mol. The molecular weight excluding hydrogens is 255 g/mol. The van der Waals surface area contributed by atoms with Gasteiger partial charge in [0, 0.05) is 21.1 Å². The fourth-order valence-electron chi connectivity index (χ4n) is 1.47. The maximum absolute atomic E-state index is 11.3. The average Bonchev–Trinajstić information content (AvgIpc) is 2.16. The maximum Gasteiger partial charge on any atom is 0.261 e. The molecular formula is C10H6Cl2O2S. The third kappa shape index (κ3) is 1.95. The van der Waals surface area contributed by atoms with E-state index in [0.29, 0.717) is 10.4 Å². The standard InChI is InChI=1S/C10H6Cl2O2S/c11-8-5-1-3-7-4-2-6-9(10(7)8)15(12,13)14/h1-6H. The van der Waals surface area contributed by atoms with E-state index in [1.807, 2.05) is 0 Å². The summed E-state index contributed by atoms with van der Waals surface area (Å²) in [5.41, 5.74) is 0. The van der Waals surface area contributed by atoms with E-state index in [0.717, 1.165) is 5.39 Å². The van der Waals surface area contributed by atoms with Crippen molar-refractivity contribution in [3.05, 3.63) is 41.4 Å². The van der Waals surface area contributed by atoms with Gasteiger partial charge in [0.1, 0.15) is 0 Å². The molecule has 5 heteroatoms. The summed E-state index contributed by atoms with van der Waals surface area (Å²) in [5, 5.41) is 1.60. The number of hydrogen-bond donors (Lipinski definition) is 0. The van der Waals surface area contributed by atoms with Crippen LogP contribution in [0.1, 0.15) is 0 Å². The fourth-order valence-corrected chi connectivity index (χ4v) is 2.90. The molecule has 0 fully saturated rings. The Hall–Kier alpha value is -0.770. The van der Waals surface area contributed by atoms with Crippen LogP contribution in [-0.2, 0) is 9.05 Å². The molecule has 0 saturated carbocycles. The zero-order valence-electron chi connectivity index (χ0n) is 7.44. The molecule has 0 aliphatic carbocycles. The molecule has 0 aliphatic heterocycles. The van der Waals surface area contributed by atoms with Crippen LogP contribution in [0.25, 0.3) is 10.8 Å². The third-order valence-electron chi connectivity index (χ3n) is 2.08. The predicted molar refractivity (Wildman–Crippen MR) is 62.0 cm³/mol. The Kier molecular flexibility index (Phi) is 2.63. The zero-order valence-corrected chi connectivity index (χ0v) is 9.77. The molecule has 0 radical (unpaired) electrons. The molecule has 0 amide bonds. The van der Waals surface area contributed by atoms with Gasteiger partial charge in [0.15, 0.2) is 0 Å². The van der Waals surface area contributed by atoms with E-state index in [1.165, 1.54) is 6.07 Å². The molecule has 0 bridgehead atoms. The van der Waals surface area contributed by atoms with Crippen molar-refractivity contribution in [1.29, 1.82) is 0 Å². The Morgan fingerprint density at radius 1 is 1.00 bits per heavy atom. The Labute approximate surface area is 96.8 Å². The smallest absolute Gasteiger partial charge is 0.207 e. The van der Waals surface area contributed by atoms with Crippen molar-refractivity contribution in [2.45, 2.75) is 4.90 Å². The molecule has 15 heavy (non-hydrogen) atoms. The second kappa shape index (κ2) is 3.67. The molecule has 0 N–H and O–H groups in total. The molecule has 0 atom stereocenters. The van der Waals surface area contributed by atoms with E-state index in [4.69, 9.17) is 22.3 Å². The minimum Gasteiger partial charge on any atom is -0.207 e. The van der Waals surface area contributed by atoms with Crippen LogP contribution in [0, 0.1) is 0 Å². The monoisotopic (exact) mass is 260 g/mol. The first-order valence-corrected chi connectivity index (χ1v) is 6.81. The van der Waals surface area contributed by atoms with E-state index >= 15 is 0 Å². The van der Waals surface area contributed by atoms with Gasteiger partial charge in [0.05, 0.1) is 4.90 Å². The summed E-state index contributed by atoms with van der Waals surface area (Å²) in [7, 11) is 1.56. The zero-order chi connectivity index (χ0) is 11.1. The van der Waals surface area contributed by atoms with Crippen LogP contribution in [0.4, 0.5) is 0 Å². The number of rotatable bonds is 1. The molecule has 0 saturated heterocycles. The van der Waals surface area contributed by atoms with Crippen LogP contribution in [0.2, 0.25) is 5.02 Å². The van der Waals surface area contributed by atoms with Gasteiger partial charge in [-0.05, 0) is 17.5 Å². The second-order valence-corrected chi connectivity index (χ2v) is 5.97. The maximum atomic E-state index is 11.3. The van der Waals surface area contributed by atoms with Gasteiger partial charge in [-0.3, -0.25) is 0 Å². The SMILES string of the molecule is O=S(=O)(Cl)c1cccc2cccc(Cl)c12. The molecule has 2 rings (SSSR count). The van der Waals surface area contributed by atoms with Gasteiger partial charge in [-0.15, -0.1) is 0 Å². The summed E-state index contributed by atoms with van der Waals surface area (Å²) >= 11 is 5.95. The van der Waals surface area contributed by atoms with Crippen LogP contribution in [0.3, 0.4) is 0 Å². The first-order valence-electron chi connectivity index (χ1n) is 4.12. The van der Waals surface area contributed by atoms with E-state index in [1.54, 1.807) is 30.3 Å². The number of fused-ring (bicyclic) bond motifs is 1. The summed E-state index contributed by atoms with van der Waals surface area (Å²) in [4.78, 5) is 0.0484. The van der Waals surface area contributed by atoms with Crippen molar-refractivity contribution in [2.24, 2.45) is 0 Å². The molecule has 0 spiro atoms. The molecule has 0 heterocycles. The van der Waals surface area contributed by atoms with E-state index in [2.05, 4.69) is 0 Å². The van der Waals surface area contributed by atoms with Crippen LogP contribution >= 0.6 is 22.3 Å². The molecule has 2 aromatic rings. The Bertz CT molecular complexity index is 615. The topological polar surface area (TPSA) is 34.1 Å². The van der Waals surface area contributed by atoms with Gasteiger partial charge >= 0.3 is 0 Å². The molecule has 2 nitrogen and oxygen atoms in total. The van der Waals surface area contributed by atoms with E-state index < -0.39 is 9.05 Å². The minimum absolute atomic E-state index is 0.0484. The fraction of sp³-hybridized carbons (Fsp3) is 0. The van der Waals surface area contributed by atoms with Crippen LogP contribution in [-0.4, -0.2) is 8.42 Å². The van der Waals surface area contributed by atoms with Gasteiger partial charge in [0.25, 0.3) is 9.05 Å². The van der Waals surface area contributed by atoms with E-state index in [-0.39, 0.29) is 4.90 Å². The number of halogens is 2. The Morgan fingerprint density at radius 3 is 2.20 bits per heavy atom. The van der Waals surface area contributed by atoms with E-state index in [9.17, 15) is 8.42 Å². The lowest BCUT2D eigenvalue weighted by atomic mass is 10.1. The lowest BCUT2D eigenvalue weighted by Gasteiger charge is -2.04. The van der Waals surface area contributed by atoms with Crippen LogP contribution in [0.5, 0.6) is 0 Å². The van der Waals surface area contributed by atoms with Gasteiger partial charge in [-0.25, -0.2) is 8.42 Å². The van der Waals surface area contributed by atoms with Crippen LogP contribution < -0.4 is 0 Å². The normalized spacial score (nSPS) is 11.9. The highest BCUT2D eigenvalue weighted by atomic mass is 35.7. The summed E-state index contributed by atoms with van der Waals surface area (Å²) in [6.07, 6.45) is 0. The quantitative estimate of drug-likeness (QED) is 0.737. The minimum atomic E-state index is -3.76. The van der Waals surface area contributed by atoms with Crippen molar-refractivity contribution in [3.8, 4) is 0 Å². The van der Waals surface area contributed by atoms with Crippen molar-refractivity contribution in [1.82, 2.24) is 0 Å². The summed E-state index contributed by atoms with van der Waals surface area (Å²) in [6.45, 7) is 0. The lowest BCUT2D eigenvalue weighted by Crippen LogP contribution is -1.92. The number of hydrogen-bond acceptors (Lipinski definition) is 2. The van der Waals surface area contributed by atoms with Gasteiger partial charge in [0.2, 0.25) is 0 Å². The van der Waals surface area contributed by atoms with Crippen molar-refractivity contribution in [2.75, 3.05) is 0 Å². The molecule has 2 aromatic carbocycles. The Balaban J connectivity index is 2.99.